The molecule has 1 heterocycles. The van der Waals surface area contributed by atoms with Gasteiger partial charge in [-0.25, -0.2) is 4.79 Å². The number of amides is 1. The molecular weight excluding hydrogens is 200 g/mol. The molecule has 0 aromatic heterocycles. The van der Waals surface area contributed by atoms with Gasteiger partial charge in [0, 0.05) is 13.1 Å². The zero-order chi connectivity index (χ0) is 10.4. The van der Waals surface area contributed by atoms with Gasteiger partial charge in [0.1, 0.15) is 0 Å². The lowest BCUT2D eigenvalue weighted by molar-refractivity contribution is 0.0682. The third-order valence-electron chi connectivity index (χ3n) is 2.12. The van der Waals surface area contributed by atoms with Crippen molar-refractivity contribution < 1.29 is 9.53 Å². The maximum Gasteiger partial charge on any atom is 0.411 e. The van der Waals surface area contributed by atoms with E-state index in [9.17, 15) is 4.79 Å². The van der Waals surface area contributed by atoms with E-state index in [1.807, 2.05) is 0 Å². The van der Waals surface area contributed by atoms with Crippen LogP contribution in [0.4, 0.5) is 4.79 Å². The number of carbonyl (C=O) groups excluding carboxylic acids is 1. The first kappa shape index (κ1) is 11.1. The van der Waals surface area contributed by atoms with Gasteiger partial charge in [-0.3, -0.25) is 0 Å². The monoisotopic (exact) mass is 214 g/mol. The average Bonchev–Trinajstić information content (AvgIpc) is 2.19. The van der Waals surface area contributed by atoms with E-state index in [-0.39, 0.29) is 6.09 Å². The molecule has 1 atom stereocenters. The van der Waals surface area contributed by atoms with Crippen molar-refractivity contribution in [3.63, 3.8) is 0 Å². The van der Waals surface area contributed by atoms with Gasteiger partial charge in [-0.05, 0) is 38.4 Å². The van der Waals surface area contributed by atoms with E-state index in [4.69, 9.17) is 4.74 Å². The normalized spacial score (nSPS) is 18.2. The lowest BCUT2D eigenvalue weighted by atomic mass is 10.1. The van der Waals surface area contributed by atoms with E-state index in [1.165, 1.54) is 6.42 Å². The number of likely N-dealkylation sites (tertiary alicyclic amines) is 1. The van der Waals surface area contributed by atoms with Crippen molar-refractivity contribution in [2.24, 2.45) is 4.99 Å². The number of thiocarbonyl (C=S) groups is 1. The number of ether oxygens (including phenoxy) is 1. The Morgan fingerprint density at radius 1 is 1.50 bits per heavy atom. The fourth-order valence-corrected chi connectivity index (χ4v) is 1.55. The van der Waals surface area contributed by atoms with Crippen molar-refractivity contribution in [1.82, 2.24) is 4.90 Å². The van der Waals surface area contributed by atoms with Gasteiger partial charge in [0.2, 0.25) is 6.23 Å². The summed E-state index contributed by atoms with van der Waals surface area (Å²) in [5.41, 5.74) is 0. The van der Waals surface area contributed by atoms with Gasteiger partial charge in [0.15, 0.2) is 0 Å². The van der Waals surface area contributed by atoms with Crippen molar-refractivity contribution in [3.05, 3.63) is 0 Å². The summed E-state index contributed by atoms with van der Waals surface area (Å²) in [6.07, 6.45) is 2.48. The van der Waals surface area contributed by atoms with Crippen molar-refractivity contribution in [3.8, 4) is 0 Å². The van der Waals surface area contributed by atoms with Crippen LogP contribution in [0.15, 0.2) is 4.99 Å². The standard InChI is InChI=1S/C9H14N2O2S/c1-8(10-7-14)13-9(12)11-5-3-2-4-6-11/h8H,2-6H2,1H3. The largest absolute Gasteiger partial charge is 0.423 e. The molecule has 0 spiro atoms. The van der Waals surface area contributed by atoms with Gasteiger partial charge in [-0.1, -0.05) is 0 Å². The topological polar surface area (TPSA) is 41.9 Å². The number of piperidine rings is 1. The number of nitrogens with zero attached hydrogens (tertiary/aromatic N) is 2. The molecule has 1 aliphatic heterocycles. The van der Waals surface area contributed by atoms with Gasteiger partial charge in [-0.15, -0.1) is 0 Å². The zero-order valence-electron chi connectivity index (χ0n) is 8.23. The molecule has 0 aromatic rings. The Hall–Kier alpha value is -0.930. The first-order valence-corrected chi connectivity index (χ1v) is 5.17. The summed E-state index contributed by atoms with van der Waals surface area (Å²) in [4.78, 5) is 16.8. The van der Waals surface area contributed by atoms with E-state index in [0.29, 0.717) is 0 Å². The van der Waals surface area contributed by atoms with E-state index >= 15 is 0 Å². The maximum atomic E-state index is 11.5. The number of rotatable bonds is 2. The smallest absolute Gasteiger partial charge is 0.411 e. The molecule has 1 rings (SSSR count). The van der Waals surface area contributed by atoms with Gasteiger partial charge in [0.25, 0.3) is 0 Å². The second kappa shape index (κ2) is 5.73. The lowest BCUT2D eigenvalue weighted by Gasteiger charge is -2.26. The van der Waals surface area contributed by atoms with Crippen LogP contribution in [0.3, 0.4) is 0 Å². The molecule has 0 N–H and O–H groups in total. The second-order valence-corrected chi connectivity index (χ2v) is 3.43. The van der Waals surface area contributed by atoms with Crippen LogP contribution in [0.1, 0.15) is 26.2 Å². The summed E-state index contributed by atoms with van der Waals surface area (Å²) in [5.74, 6) is 0. The van der Waals surface area contributed by atoms with Gasteiger partial charge < -0.3 is 9.64 Å². The highest BCUT2D eigenvalue weighted by Gasteiger charge is 2.19. The molecule has 1 unspecified atom stereocenters. The molecule has 14 heavy (non-hydrogen) atoms. The minimum absolute atomic E-state index is 0.300. The molecule has 78 valence electrons. The van der Waals surface area contributed by atoms with E-state index in [0.717, 1.165) is 25.9 Å². The molecule has 0 radical (unpaired) electrons. The predicted octanol–water partition coefficient (Wildman–Crippen LogP) is 2.06. The Kier molecular flexibility index (Phi) is 4.56. The van der Waals surface area contributed by atoms with Crippen LogP contribution in [0.2, 0.25) is 0 Å². The van der Waals surface area contributed by atoms with Crippen LogP contribution >= 0.6 is 12.2 Å². The molecule has 5 heteroatoms. The van der Waals surface area contributed by atoms with Crippen LogP contribution in [-0.2, 0) is 4.74 Å². The molecule has 0 saturated carbocycles. The maximum absolute atomic E-state index is 11.5. The van der Waals surface area contributed by atoms with Crippen LogP contribution in [-0.4, -0.2) is 35.5 Å². The summed E-state index contributed by atoms with van der Waals surface area (Å²) < 4.78 is 5.02. The highest BCUT2D eigenvalue weighted by atomic mass is 32.1. The van der Waals surface area contributed by atoms with Gasteiger partial charge in [0.05, 0.1) is 5.16 Å². The number of hydrogen-bond acceptors (Lipinski definition) is 4. The minimum atomic E-state index is -0.526. The molecule has 1 fully saturated rings. The third kappa shape index (κ3) is 3.44. The minimum Gasteiger partial charge on any atom is -0.423 e. The predicted molar refractivity (Wildman–Crippen MR) is 56.4 cm³/mol. The molecule has 1 aliphatic rings. The van der Waals surface area contributed by atoms with Crippen LogP contribution in [0.25, 0.3) is 0 Å². The average molecular weight is 214 g/mol. The molecule has 1 saturated heterocycles. The Morgan fingerprint density at radius 2 is 2.14 bits per heavy atom. The summed E-state index contributed by atoms with van der Waals surface area (Å²) in [5, 5.41) is 2.19. The van der Waals surface area contributed by atoms with Crippen molar-refractivity contribution >= 4 is 23.5 Å². The van der Waals surface area contributed by atoms with Crippen LogP contribution < -0.4 is 0 Å². The number of carbonyl (C=O) groups is 1. The molecule has 1 amide bonds. The van der Waals surface area contributed by atoms with Crippen LogP contribution in [0.5, 0.6) is 0 Å². The molecule has 0 bridgehead atoms. The van der Waals surface area contributed by atoms with Crippen molar-refractivity contribution in [2.45, 2.75) is 32.4 Å². The summed E-state index contributed by atoms with van der Waals surface area (Å²) in [6.45, 7) is 3.24. The second-order valence-electron chi connectivity index (χ2n) is 3.25. The number of aliphatic imine (C=N–C) groups is 1. The SMILES string of the molecule is CC(N=C=S)OC(=O)N1CCCCC1. The van der Waals surface area contributed by atoms with E-state index in [2.05, 4.69) is 22.4 Å². The lowest BCUT2D eigenvalue weighted by Crippen LogP contribution is -2.37. The van der Waals surface area contributed by atoms with Crippen molar-refractivity contribution in [1.29, 1.82) is 0 Å². The van der Waals surface area contributed by atoms with E-state index < -0.39 is 6.23 Å². The molecular formula is C9H14N2O2S. The third-order valence-corrected chi connectivity index (χ3v) is 2.23. The summed E-state index contributed by atoms with van der Waals surface area (Å²) in [7, 11) is 0. The molecule has 4 nitrogen and oxygen atoms in total. The summed E-state index contributed by atoms with van der Waals surface area (Å²) >= 11 is 4.42. The quantitative estimate of drug-likeness (QED) is 0.522. The Balaban J connectivity index is 2.36. The number of isothiocyanates is 1. The first-order chi connectivity index (χ1) is 6.74. The van der Waals surface area contributed by atoms with E-state index in [1.54, 1.807) is 11.8 Å². The van der Waals surface area contributed by atoms with Crippen molar-refractivity contribution in [2.75, 3.05) is 13.1 Å². The first-order valence-electron chi connectivity index (χ1n) is 4.76. The zero-order valence-corrected chi connectivity index (χ0v) is 9.05. The Morgan fingerprint density at radius 3 is 2.71 bits per heavy atom. The fourth-order valence-electron chi connectivity index (χ4n) is 1.40. The van der Waals surface area contributed by atoms with Gasteiger partial charge >= 0.3 is 6.09 Å². The molecule has 0 aliphatic carbocycles. The Bertz CT molecular complexity index is 245. The Labute approximate surface area is 88.9 Å². The molecule has 0 aromatic carbocycles. The highest BCUT2D eigenvalue weighted by Crippen LogP contribution is 2.10. The fraction of sp³-hybridized carbons (Fsp3) is 0.778. The highest BCUT2D eigenvalue weighted by molar-refractivity contribution is 7.78. The number of hydrogen-bond donors (Lipinski definition) is 0. The summed E-state index contributed by atoms with van der Waals surface area (Å²) in [6, 6.07) is 0. The van der Waals surface area contributed by atoms with Gasteiger partial charge in [-0.2, -0.15) is 4.99 Å². The van der Waals surface area contributed by atoms with Crippen LogP contribution in [0, 0.1) is 0 Å².